The van der Waals surface area contributed by atoms with E-state index in [1.807, 2.05) is 18.2 Å². The zero-order chi connectivity index (χ0) is 14.6. The van der Waals surface area contributed by atoms with E-state index in [0.717, 1.165) is 0 Å². The van der Waals surface area contributed by atoms with E-state index in [2.05, 4.69) is 10.3 Å². The van der Waals surface area contributed by atoms with Crippen LogP contribution < -0.4 is 9.62 Å². The molecule has 0 fully saturated rings. The number of nitrogens with zero attached hydrogens (tertiary/aromatic N) is 2. The molecule has 1 aromatic heterocycles. The van der Waals surface area contributed by atoms with Gasteiger partial charge in [-0.15, -0.1) is 0 Å². The van der Waals surface area contributed by atoms with Crippen molar-refractivity contribution in [3.05, 3.63) is 48.8 Å². The number of sulfonamides is 1. The summed E-state index contributed by atoms with van der Waals surface area (Å²) < 4.78 is 26.9. The Labute approximate surface area is 119 Å². The summed E-state index contributed by atoms with van der Waals surface area (Å²) in [5.41, 5.74) is 1.18. The maximum Gasteiger partial charge on any atom is 0.267 e. The van der Waals surface area contributed by atoms with Crippen molar-refractivity contribution in [1.82, 2.24) is 4.98 Å². The molecule has 0 spiro atoms. The smallest absolute Gasteiger partial charge is 0.267 e. The fourth-order valence-corrected chi connectivity index (χ4v) is 3.62. The SMILES string of the molecule is CCN(c1ccccc1)S(=O)(=O)c1cnccc1NC. The number of hydrogen-bond acceptors (Lipinski definition) is 4. The van der Waals surface area contributed by atoms with Gasteiger partial charge in [0.15, 0.2) is 0 Å². The highest BCUT2D eigenvalue weighted by Gasteiger charge is 2.26. The molecule has 0 aliphatic heterocycles. The summed E-state index contributed by atoms with van der Waals surface area (Å²) in [5, 5.41) is 2.89. The number of anilines is 2. The molecule has 0 saturated heterocycles. The van der Waals surface area contributed by atoms with E-state index in [4.69, 9.17) is 0 Å². The molecule has 5 nitrogen and oxygen atoms in total. The number of benzene rings is 1. The van der Waals surface area contributed by atoms with Crippen LogP contribution in [0.15, 0.2) is 53.7 Å². The van der Waals surface area contributed by atoms with E-state index in [-0.39, 0.29) is 4.90 Å². The van der Waals surface area contributed by atoms with Gasteiger partial charge in [0, 0.05) is 26.0 Å². The molecule has 0 bridgehead atoms. The molecular formula is C14H17N3O2S. The number of aromatic nitrogens is 1. The average molecular weight is 291 g/mol. The fourth-order valence-electron chi connectivity index (χ4n) is 2.00. The highest BCUT2D eigenvalue weighted by Crippen LogP contribution is 2.27. The van der Waals surface area contributed by atoms with E-state index in [9.17, 15) is 8.42 Å². The van der Waals surface area contributed by atoms with E-state index in [0.29, 0.717) is 17.9 Å². The maximum absolute atomic E-state index is 12.8. The van der Waals surface area contributed by atoms with Gasteiger partial charge >= 0.3 is 0 Å². The second kappa shape index (κ2) is 5.92. The number of rotatable bonds is 5. The minimum atomic E-state index is -3.64. The van der Waals surface area contributed by atoms with Crippen LogP contribution in [0.5, 0.6) is 0 Å². The first-order valence-electron chi connectivity index (χ1n) is 6.30. The average Bonchev–Trinajstić information content (AvgIpc) is 2.48. The Morgan fingerprint density at radius 1 is 1.20 bits per heavy atom. The largest absolute Gasteiger partial charge is 0.387 e. The van der Waals surface area contributed by atoms with E-state index in [1.165, 1.54) is 10.5 Å². The molecule has 1 aromatic carbocycles. The molecule has 0 radical (unpaired) electrons. The number of para-hydroxylation sites is 1. The van der Waals surface area contributed by atoms with E-state index >= 15 is 0 Å². The standard InChI is InChI=1S/C14H17N3O2S/c1-3-17(12-7-5-4-6-8-12)20(18,19)14-11-16-10-9-13(14)15-2/h4-11H,3H2,1-2H3,(H,15,16). The molecule has 1 heterocycles. The van der Waals surface area contributed by atoms with Crippen LogP contribution >= 0.6 is 0 Å². The molecule has 0 unspecified atom stereocenters. The Morgan fingerprint density at radius 3 is 2.50 bits per heavy atom. The van der Waals surface area contributed by atoms with Crippen LogP contribution in [0.3, 0.4) is 0 Å². The van der Waals surface area contributed by atoms with Crippen LogP contribution in [0.4, 0.5) is 11.4 Å². The molecule has 1 N–H and O–H groups in total. The van der Waals surface area contributed by atoms with Crippen molar-refractivity contribution in [2.45, 2.75) is 11.8 Å². The summed E-state index contributed by atoms with van der Waals surface area (Å²) in [6.45, 7) is 2.16. The van der Waals surface area contributed by atoms with Crippen molar-refractivity contribution in [1.29, 1.82) is 0 Å². The summed E-state index contributed by atoms with van der Waals surface area (Å²) in [7, 11) is -1.95. The van der Waals surface area contributed by atoms with Crippen LogP contribution in [-0.2, 0) is 10.0 Å². The van der Waals surface area contributed by atoms with Crippen molar-refractivity contribution < 1.29 is 8.42 Å². The predicted octanol–water partition coefficient (Wildman–Crippen LogP) is 2.34. The lowest BCUT2D eigenvalue weighted by molar-refractivity contribution is 0.592. The van der Waals surface area contributed by atoms with Crippen LogP contribution in [0.25, 0.3) is 0 Å². The first kappa shape index (κ1) is 14.3. The highest BCUT2D eigenvalue weighted by molar-refractivity contribution is 7.93. The van der Waals surface area contributed by atoms with Gasteiger partial charge in [-0.1, -0.05) is 18.2 Å². The lowest BCUT2D eigenvalue weighted by Gasteiger charge is -2.23. The Bertz CT molecular complexity index is 672. The molecule has 106 valence electrons. The lowest BCUT2D eigenvalue weighted by atomic mass is 10.3. The summed E-state index contributed by atoms with van der Waals surface area (Å²) >= 11 is 0. The topological polar surface area (TPSA) is 62.3 Å². The zero-order valence-corrected chi connectivity index (χ0v) is 12.3. The molecule has 2 aromatic rings. The Morgan fingerprint density at radius 2 is 1.90 bits per heavy atom. The van der Waals surface area contributed by atoms with E-state index in [1.54, 1.807) is 38.4 Å². The minimum absolute atomic E-state index is 0.174. The van der Waals surface area contributed by atoms with Gasteiger partial charge in [-0.3, -0.25) is 9.29 Å². The first-order chi connectivity index (χ1) is 9.61. The van der Waals surface area contributed by atoms with Gasteiger partial charge in [-0.25, -0.2) is 8.42 Å². The molecule has 0 amide bonds. The van der Waals surface area contributed by atoms with Crippen LogP contribution in [0.1, 0.15) is 6.92 Å². The van der Waals surface area contributed by atoms with E-state index < -0.39 is 10.0 Å². The van der Waals surface area contributed by atoms with Gasteiger partial charge < -0.3 is 5.32 Å². The van der Waals surface area contributed by atoms with Gasteiger partial charge in [0.1, 0.15) is 4.90 Å². The summed E-state index contributed by atoms with van der Waals surface area (Å²) in [6, 6.07) is 10.7. The van der Waals surface area contributed by atoms with Gasteiger partial charge in [-0.05, 0) is 25.1 Å². The molecule has 6 heteroatoms. The molecule has 0 saturated carbocycles. The number of hydrogen-bond donors (Lipinski definition) is 1. The molecule has 0 aliphatic carbocycles. The second-order valence-corrected chi connectivity index (χ2v) is 5.96. The predicted molar refractivity (Wildman–Crippen MR) is 80.4 cm³/mol. The molecule has 0 aliphatic rings. The van der Waals surface area contributed by atoms with Crippen molar-refractivity contribution in [3.8, 4) is 0 Å². The lowest BCUT2D eigenvalue weighted by Crippen LogP contribution is -2.31. The summed E-state index contributed by atoms with van der Waals surface area (Å²) in [6.07, 6.45) is 2.93. The Balaban J connectivity index is 2.53. The van der Waals surface area contributed by atoms with Gasteiger partial charge in [-0.2, -0.15) is 0 Å². The van der Waals surface area contributed by atoms with Gasteiger partial charge in [0.2, 0.25) is 0 Å². The quantitative estimate of drug-likeness (QED) is 0.918. The van der Waals surface area contributed by atoms with Crippen molar-refractivity contribution in [2.75, 3.05) is 23.2 Å². The van der Waals surface area contributed by atoms with Gasteiger partial charge in [0.05, 0.1) is 11.4 Å². The monoisotopic (exact) mass is 291 g/mol. The van der Waals surface area contributed by atoms with Crippen molar-refractivity contribution in [2.24, 2.45) is 0 Å². The summed E-state index contributed by atoms with van der Waals surface area (Å²) in [4.78, 5) is 4.10. The third kappa shape index (κ3) is 2.60. The maximum atomic E-state index is 12.8. The molecule has 2 rings (SSSR count). The first-order valence-corrected chi connectivity index (χ1v) is 7.74. The molecule has 0 atom stereocenters. The van der Waals surface area contributed by atoms with Crippen LogP contribution in [0.2, 0.25) is 0 Å². The molecule has 20 heavy (non-hydrogen) atoms. The van der Waals surface area contributed by atoms with Crippen LogP contribution in [0, 0.1) is 0 Å². The third-order valence-electron chi connectivity index (χ3n) is 2.95. The summed E-state index contributed by atoms with van der Waals surface area (Å²) in [5.74, 6) is 0. The zero-order valence-electron chi connectivity index (χ0n) is 11.4. The normalized spacial score (nSPS) is 11.1. The van der Waals surface area contributed by atoms with Gasteiger partial charge in [0.25, 0.3) is 10.0 Å². The minimum Gasteiger partial charge on any atom is -0.387 e. The third-order valence-corrected chi connectivity index (χ3v) is 4.88. The second-order valence-electron chi connectivity index (χ2n) is 4.13. The molecular weight excluding hydrogens is 274 g/mol. The van der Waals surface area contributed by atoms with Crippen molar-refractivity contribution in [3.63, 3.8) is 0 Å². The van der Waals surface area contributed by atoms with Crippen molar-refractivity contribution >= 4 is 21.4 Å². The number of pyridine rings is 1. The van der Waals surface area contributed by atoms with Crippen LogP contribution in [-0.4, -0.2) is 27.0 Å². The Kier molecular flexibility index (Phi) is 4.24. The fraction of sp³-hybridized carbons (Fsp3) is 0.214. The Hall–Kier alpha value is -2.08. The number of nitrogens with one attached hydrogen (secondary N) is 1. The highest BCUT2D eigenvalue weighted by atomic mass is 32.2.